The van der Waals surface area contributed by atoms with Crippen molar-refractivity contribution < 1.29 is 4.79 Å². The van der Waals surface area contributed by atoms with Gasteiger partial charge in [0.2, 0.25) is 0 Å². The van der Waals surface area contributed by atoms with E-state index in [1.54, 1.807) is 0 Å². The van der Waals surface area contributed by atoms with Crippen molar-refractivity contribution in [2.24, 2.45) is 0 Å². The van der Waals surface area contributed by atoms with Crippen LogP contribution in [0.15, 0.2) is 59.4 Å². The fourth-order valence-electron chi connectivity index (χ4n) is 4.68. The van der Waals surface area contributed by atoms with E-state index in [1.807, 2.05) is 57.7 Å². The molecule has 5 nitrogen and oxygen atoms in total. The van der Waals surface area contributed by atoms with E-state index < -0.39 is 0 Å². The molecule has 0 unspecified atom stereocenters. The van der Waals surface area contributed by atoms with Crippen LogP contribution in [0.4, 0.5) is 0 Å². The molecule has 0 saturated carbocycles. The third-order valence-corrected chi connectivity index (χ3v) is 6.23. The van der Waals surface area contributed by atoms with E-state index in [9.17, 15) is 9.59 Å². The molecule has 1 aromatic heterocycles. The molecule has 1 aliphatic rings. The number of piperidine rings is 1. The van der Waals surface area contributed by atoms with Crippen LogP contribution in [-0.4, -0.2) is 39.5 Å². The maximum absolute atomic E-state index is 13.2. The Bertz CT molecular complexity index is 1060. The number of aromatic nitrogens is 2. The van der Waals surface area contributed by atoms with E-state index in [0.29, 0.717) is 6.42 Å². The molecule has 0 amide bonds. The summed E-state index contributed by atoms with van der Waals surface area (Å²) >= 11 is 0. The van der Waals surface area contributed by atoms with E-state index in [4.69, 9.17) is 0 Å². The number of carbonyl (C=O) groups excluding carboxylic acids is 1. The molecule has 4 rings (SSSR count). The van der Waals surface area contributed by atoms with Crippen molar-refractivity contribution in [1.82, 2.24) is 14.0 Å². The van der Waals surface area contributed by atoms with Crippen LogP contribution in [0.25, 0.3) is 11.0 Å². The summed E-state index contributed by atoms with van der Waals surface area (Å²) in [5.41, 5.74) is 2.98. The van der Waals surface area contributed by atoms with Crippen molar-refractivity contribution >= 4 is 16.8 Å². The molecule has 158 valence electrons. The second-order valence-electron chi connectivity index (χ2n) is 8.57. The second kappa shape index (κ2) is 9.00. The predicted octanol–water partition coefficient (Wildman–Crippen LogP) is 4.68. The van der Waals surface area contributed by atoms with Gasteiger partial charge in [0.25, 0.3) is 0 Å². The molecule has 1 aliphatic heterocycles. The zero-order valence-corrected chi connectivity index (χ0v) is 18.0. The Labute approximate surface area is 177 Å². The minimum Gasteiger partial charge on any atom is -0.303 e. The van der Waals surface area contributed by atoms with Gasteiger partial charge < -0.3 is 4.90 Å². The summed E-state index contributed by atoms with van der Waals surface area (Å²) in [7, 11) is 0. The van der Waals surface area contributed by atoms with Crippen LogP contribution in [0.5, 0.6) is 0 Å². The van der Waals surface area contributed by atoms with Gasteiger partial charge >= 0.3 is 5.69 Å². The first-order valence-corrected chi connectivity index (χ1v) is 11.1. The second-order valence-corrected chi connectivity index (χ2v) is 8.57. The Hall–Kier alpha value is -2.66. The van der Waals surface area contributed by atoms with E-state index in [0.717, 1.165) is 55.5 Å². The molecule has 0 atom stereocenters. The van der Waals surface area contributed by atoms with Gasteiger partial charge in [0.1, 0.15) is 0 Å². The van der Waals surface area contributed by atoms with Crippen LogP contribution >= 0.6 is 0 Å². The molecule has 2 aromatic carbocycles. The van der Waals surface area contributed by atoms with E-state index in [1.165, 1.54) is 0 Å². The Morgan fingerprint density at radius 2 is 1.60 bits per heavy atom. The number of fused-ring (bicyclic) bond motifs is 1. The molecule has 3 aromatic rings. The van der Waals surface area contributed by atoms with Gasteiger partial charge in [-0.2, -0.15) is 0 Å². The smallest absolute Gasteiger partial charge is 0.303 e. The van der Waals surface area contributed by atoms with Crippen molar-refractivity contribution in [2.75, 3.05) is 19.6 Å². The van der Waals surface area contributed by atoms with Gasteiger partial charge in [-0.25, -0.2) is 4.79 Å². The van der Waals surface area contributed by atoms with Gasteiger partial charge in [-0.05, 0) is 51.8 Å². The molecule has 0 bridgehead atoms. The number of para-hydroxylation sites is 2. The fraction of sp³-hybridized carbons (Fsp3) is 0.440. The lowest BCUT2D eigenvalue weighted by atomic mass is 10.0. The lowest BCUT2D eigenvalue weighted by Gasteiger charge is -2.32. The number of carbonyl (C=O) groups is 1. The number of ketones is 1. The first-order valence-electron chi connectivity index (χ1n) is 11.1. The molecule has 30 heavy (non-hydrogen) atoms. The summed E-state index contributed by atoms with van der Waals surface area (Å²) < 4.78 is 3.93. The number of rotatable bonds is 7. The number of hydrogen-bond donors (Lipinski definition) is 0. The molecule has 2 heterocycles. The Kier molecular flexibility index (Phi) is 6.18. The summed E-state index contributed by atoms with van der Waals surface area (Å²) in [4.78, 5) is 27.9. The van der Waals surface area contributed by atoms with Crippen LogP contribution in [-0.2, 0) is 0 Å². The highest BCUT2D eigenvalue weighted by molar-refractivity contribution is 5.95. The summed E-state index contributed by atoms with van der Waals surface area (Å²) in [6.45, 7) is 7.01. The number of hydrogen-bond acceptors (Lipinski definition) is 3. The van der Waals surface area contributed by atoms with Crippen LogP contribution < -0.4 is 5.69 Å². The molecule has 0 N–H and O–H groups in total. The maximum atomic E-state index is 13.2. The monoisotopic (exact) mass is 405 g/mol. The molecular formula is C25H31N3O2. The Morgan fingerprint density at radius 1 is 0.967 bits per heavy atom. The third kappa shape index (κ3) is 4.12. The first kappa shape index (κ1) is 20.6. The van der Waals surface area contributed by atoms with Gasteiger partial charge in [0.15, 0.2) is 5.78 Å². The molecular weight excluding hydrogens is 374 g/mol. The SMILES string of the molecule is CC(C)n1c(=O)n(C2CCN(CCCC(=O)c3ccccc3)CC2)c2ccccc21. The minimum atomic E-state index is 0.109. The predicted molar refractivity (Wildman–Crippen MR) is 121 cm³/mol. The first-order chi connectivity index (χ1) is 14.6. The Morgan fingerprint density at radius 3 is 2.27 bits per heavy atom. The van der Waals surface area contributed by atoms with Crippen molar-refractivity contribution in [3.8, 4) is 0 Å². The summed E-state index contributed by atoms with van der Waals surface area (Å²) in [6, 6.07) is 18.1. The number of benzene rings is 2. The molecule has 0 aliphatic carbocycles. The van der Waals surface area contributed by atoms with E-state index >= 15 is 0 Å². The maximum Gasteiger partial charge on any atom is 0.329 e. The van der Waals surface area contributed by atoms with E-state index in [2.05, 4.69) is 24.8 Å². The fourth-order valence-corrected chi connectivity index (χ4v) is 4.68. The van der Waals surface area contributed by atoms with Crippen molar-refractivity contribution in [3.05, 3.63) is 70.6 Å². The van der Waals surface area contributed by atoms with Crippen LogP contribution in [0.1, 0.15) is 62.0 Å². The third-order valence-electron chi connectivity index (χ3n) is 6.23. The highest BCUT2D eigenvalue weighted by Gasteiger charge is 2.25. The summed E-state index contributed by atoms with van der Waals surface area (Å²) in [5.74, 6) is 0.221. The number of imidazole rings is 1. The van der Waals surface area contributed by atoms with Gasteiger partial charge in [-0.3, -0.25) is 13.9 Å². The van der Waals surface area contributed by atoms with Gasteiger partial charge in [-0.1, -0.05) is 42.5 Å². The normalized spacial score (nSPS) is 15.8. The minimum absolute atomic E-state index is 0.109. The quantitative estimate of drug-likeness (QED) is 0.536. The number of nitrogens with zero attached hydrogens (tertiary/aromatic N) is 3. The number of Topliss-reactive ketones (excluding diaryl/α,β-unsaturated/α-hetero) is 1. The van der Waals surface area contributed by atoms with Gasteiger partial charge in [0.05, 0.1) is 11.0 Å². The molecule has 5 heteroatoms. The lowest BCUT2D eigenvalue weighted by molar-refractivity contribution is 0.0970. The Balaban J connectivity index is 1.37. The molecule has 1 fully saturated rings. The van der Waals surface area contributed by atoms with Crippen LogP contribution in [0.2, 0.25) is 0 Å². The molecule has 1 saturated heterocycles. The zero-order chi connectivity index (χ0) is 21.1. The molecule has 0 radical (unpaired) electrons. The standard InChI is InChI=1S/C25H31N3O2/c1-19(2)27-22-11-6-7-12-23(22)28(25(27)30)21-14-17-26(18-15-21)16-8-13-24(29)20-9-4-3-5-10-20/h3-7,9-12,19,21H,8,13-18H2,1-2H3. The highest BCUT2D eigenvalue weighted by atomic mass is 16.2. The lowest BCUT2D eigenvalue weighted by Crippen LogP contribution is -2.38. The highest BCUT2D eigenvalue weighted by Crippen LogP contribution is 2.27. The number of likely N-dealkylation sites (tertiary alicyclic amines) is 1. The molecule has 0 spiro atoms. The van der Waals surface area contributed by atoms with Gasteiger partial charge in [0, 0.05) is 37.2 Å². The largest absolute Gasteiger partial charge is 0.329 e. The van der Waals surface area contributed by atoms with Crippen LogP contribution in [0, 0.1) is 0 Å². The van der Waals surface area contributed by atoms with Crippen molar-refractivity contribution in [2.45, 2.75) is 51.6 Å². The van der Waals surface area contributed by atoms with Gasteiger partial charge in [-0.15, -0.1) is 0 Å². The summed E-state index contributed by atoms with van der Waals surface area (Å²) in [5, 5.41) is 0. The average Bonchev–Trinajstić information content (AvgIpc) is 3.06. The van der Waals surface area contributed by atoms with Crippen molar-refractivity contribution in [1.29, 1.82) is 0 Å². The average molecular weight is 406 g/mol. The van der Waals surface area contributed by atoms with Crippen LogP contribution in [0.3, 0.4) is 0 Å². The zero-order valence-electron chi connectivity index (χ0n) is 18.0. The van der Waals surface area contributed by atoms with E-state index in [-0.39, 0.29) is 23.6 Å². The summed E-state index contributed by atoms with van der Waals surface area (Å²) in [6.07, 6.45) is 3.41. The topological polar surface area (TPSA) is 47.2 Å². The van der Waals surface area contributed by atoms with Crippen molar-refractivity contribution in [3.63, 3.8) is 0 Å².